The third kappa shape index (κ3) is 5.54. The highest BCUT2D eigenvalue weighted by Gasteiger charge is 2.22. The number of non-ortho nitro benzene ring substituents is 1. The standard InChI is InChI=1S/C20H17FN4O5S/c1-30-18-8-5-16(6-9-18)24-31(28,29)20-12-17(25(26)27)7-10-19(20)23-22-13-14-3-2-4-15(21)11-14/h2-13,23-24H,1H3/b22-13-. The van der Waals surface area contributed by atoms with E-state index in [1.54, 1.807) is 18.2 Å². The van der Waals surface area contributed by atoms with Crippen molar-refractivity contribution in [3.63, 3.8) is 0 Å². The van der Waals surface area contributed by atoms with Gasteiger partial charge in [0.15, 0.2) is 0 Å². The number of nitro groups is 1. The first-order valence-corrected chi connectivity index (χ1v) is 10.3. The summed E-state index contributed by atoms with van der Waals surface area (Å²) in [6, 6.07) is 15.0. The molecule has 2 N–H and O–H groups in total. The third-order valence-electron chi connectivity index (χ3n) is 4.06. The van der Waals surface area contributed by atoms with E-state index in [9.17, 15) is 22.9 Å². The number of nitrogens with one attached hydrogen (secondary N) is 2. The number of nitrogens with zero attached hydrogens (tertiary/aromatic N) is 2. The number of hydrazone groups is 1. The van der Waals surface area contributed by atoms with E-state index in [0.29, 0.717) is 11.3 Å². The minimum absolute atomic E-state index is 0.000681. The molecule has 3 aromatic rings. The summed E-state index contributed by atoms with van der Waals surface area (Å²) < 4.78 is 46.5. The smallest absolute Gasteiger partial charge is 0.270 e. The minimum Gasteiger partial charge on any atom is -0.497 e. The Kier molecular flexibility index (Phi) is 6.46. The average Bonchev–Trinajstić information content (AvgIpc) is 2.74. The highest BCUT2D eigenvalue weighted by Crippen LogP contribution is 2.28. The maximum atomic E-state index is 13.3. The number of halogens is 1. The van der Waals surface area contributed by atoms with E-state index >= 15 is 0 Å². The fraction of sp³-hybridized carbons (Fsp3) is 0.0500. The molecular formula is C20H17FN4O5S. The van der Waals surface area contributed by atoms with Gasteiger partial charge < -0.3 is 4.74 Å². The Morgan fingerprint density at radius 3 is 2.48 bits per heavy atom. The van der Waals surface area contributed by atoms with Gasteiger partial charge in [-0.3, -0.25) is 20.3 Å². The van der Waals surface area contributed by atoms with Gasteiger partial charge in [-0.2, -0.15) is 5.10 Å². The van der Waals surface area contributed by atoms with Crippen LogP contribution in [0.3, 0.4) is 0 Å². The molecule has 0 fully saturated rings. The molecule has 31 heavy (non-hydrogen) atoms. The van der Waals surface area contributed by atoms with E-state index in [-0.39, 0.29) is 16.3 Å². The predicted octanol–water partition coefficient (Wildman–Crippen LogP) is 3.99. The number of hydrogen-bond donors (Lipinski definition) is 2. The fourth-order valence-corrected chi connectivity index (χ4v) is 3.81. The lowest BCUT2D eigenvalue weighted by Gasteiger charge is -2.12. The van der Waals surface area contributed by atoms with Crippen LogP contribution in [0.25, 0.3) is 0 Å². The zero-order valence-corrected chi connectivity index (χ0v) is 17.0. The molecule has 0 atom stereocenters. The first-order chi connectivity index (χ1) is 14.8. The second kappa shape index (κ2) is 9.22. The molecule has 3 aromatic carbocycles. The van der Waals surface area contributed by atoms with Crippen molar-refractivity contribution in [2.45, 2.75) is 4.90 Å². The van der Waals surface area contributed by atoms with Crippen LogP contribution in [0.4, 0.5) is 21.5 Å². The Morgan fingerprint density at radius 2 is 1.84 bits per heavy atom. The topological polar surface area (TPSA) is 123 Å². The quantitative estimate of drug-likeness (QED) is 0.308. The number of nitro benzene ring substituents is 1. The van der Waals surface area contributed by atoms with Gasteiger partial charge in [0, 0.05) is 17.8 Å². The summed E-state index contributed by atoms with van der Waals surface area (Å²) >= 11 is 0. The van der Waals surface area contributed by atoms with Crippen molar-refractivity contribution in [2.75, 3.05) is 17.3 Å². The molecular weight excluding hydrogens is 427 g/mol. The molecule has 0 bridgehead atoms. The molecule has 0 aliphatic rings. The van der Waals surface area contributed by atoms with E-state index in [1.807, 2.05) is 0 Å². The summed E-state index contributed by atoms with van der Waals surface area (Å²) in [7, 11) is -2.74. The fourth-order valence-electron chi connectivity index (χ4n) is 2.57. The van der Waals surface area contributed by atoms with Gasteiger partial charge >= 0.3 is 0 Å². The van der Waals surface area contributed by atoms with E-state index < -0.39 is 26.5 Å². The van der Waals surface area contributed by atoms with Gasteiger partial charge in [-0.05, 0) is 48.0 Å². The van der Waals surface area contributed by atoms with E-state index in [1.165, 1.54) is 49.7 Å². The van der Waals surface area contributed by atoms with E-state index in [0.717, 1.165) is 12.1 Å². The van der Waals surface area contributed by atoms with Gasteiger partial charge in [0.25, 0.3) is 15.7 Å². The summed E-state index contributed by atoms with van der Waals surface area (Å²) in [6.45, 7) is 0. The van der Waals surface area contributed by atoms with Crippen LogP contribution in [0.5, 0.6) is 5.75 Å². The van der Waals surface area contributed by atoms with Crippen molar-refractivity contribution in [3.8, 4) is 5.75 Å². The van der Waals surface area contributed by atoms with Crippen molar-refractivity contribution < 1.29 is 22.5 Å². The van der Waals surface area contributed by atoms with Gasteiger partial charge in [0.1, 0.15) is 16.5 Å². The Balaban J connectivity index is 1.92. The Morgan fingerprint density at radius 1 is 1.10 bits per heavy atom. The number of sulfonamides is 1. The minimum atomic E-state index is -4.21. The zero-order chi connectivity index (χ0) is 22.4. The molecule has 0 spiro atoms. The SMILES string of the molecule is COc1ccc(NS(=O)(=O)c2cc([N+](=O)[O-])ccc2N/N=C\c2cccc(F)c2)cc1. The summed E-state index contributed by atoms with van der Waals surface area (Å²) in [4.78, 5) is 10.1. The highest BCUT2D eigenvalue weighted by atomic mass is 32.2. The molecule has 0 aliphatic carbocycles. The van der Waals surface area contributed by atoms with Crippen LogP contribution < -0.4 is 14.9 Å². The Bertz CT molecular complexity index is 1230. The molecule has 0 amide bonds. The zero-order valence-electron chi connectivity index (χ0n) is 16.2. The van der Waals surface area contributed by atoms with Crippen LogP contribution in [0.1, 0.15) is 5.56 Å². The van der Waals surface area contributed by atoms with Crippen LogP contribution in [0.2, 0.25) is 0 Å². The molecule has 11 heteroatoms. The first kappa shape index (κ1) is 21.7. The van der Waals surface area contributed by atoms with Crippen molar-refractivity contribution in [3.05, 3.63) is 88.2 Å². The molecule has 0 radical (unpaired) electrons. The molecule has 160 valence electrons. The number of hydrogen-bond acceptors (Lipinski definition) is 7. The number of ether oxygens (including phenoxy) is 1. The lowest BCUT2D eigenvalue weighted by atomic mass is 10.2. The summed E-state index contributed by atoms with van der Waals surface area (Å²) in [6.07, 6.45) is 1.29. The second-order valence-electron chi connectivity index (χ2n) is 6.20. The van der Waals surface area contributed by atoms with Crippen LogP contribution in [0, 0.1) is 15.9 Å². The molecule has 3 rings (SSSR count). The monoisotopic (exact) mass is 444 g/mol. The highest BCUT2D eigenvalue weighted by molar-refractivity contribution is 7.92. The Hall–Kier alpha value is -3.99. The summed E-state index contributed by atoms with van der Waals surface area (Å²) in [5.41, 5.74) is 2.81. The van der Waals surface area contributed by atoms with Gasteiger partial charge in [-0.1, -0.05) is 12.1 Å². The second-order valence-corrected chi connectivity index (χ2v) is 7.85. The maximum Gasteiger partial charge on any atom is 0.270 e. The van der Waals surface area contributed by atoms with Gasteiger partial charge in [0.2, 0.25) is 0 Å². The lowest BCUT2D eigenvalue weighted by molar-refractivity contribution is -0.385. The molecule has 9 nitrogen and oxygen atoms in total. The molecule has 0 unspecified atom stereocenters. The predicted molar refractivity (Wildman–Crippen MR) is 115 cm³/mol. The number of benzene rings is 3. The molecule has 0 aromatic heterocycles. The van der Waals surface area contributed by atoms with Crippen molar-refractivity contribution in [1.29, 1.82) is 0 Å². The number of methoxy groups -OCH3 is 1. The normalized spacial score (nSPS) is 11.3. The third-order valence-corrected chi connectivity index (χ3v) is 5.48. The van der Waals surface area contributed by atoms with E-state index in [2.05, 4.69) is 15.2 Å². The van der Waals surface area contributed by atoms with Crippen LogP contribution in [0.15, 0.2) is 76.7 Å². The van der Waals surface area contributed by atoms with Crippen molar-refractivity contribution >= 4 is 33.3 Å². The number of rotatable bonds is 8. The van der Waals surface area contributed by atoms with Crippen LogP contribution >= 0.6 is 0 Å². The molecule has 0 aliphatic heterocycles. The van der Waals surface area contributed by atoms with Crippen molar-refractivity contribution in [2.24, 2.45) is 5.10 Å². The Labute approximate surface area is 177 Å². The first-order valence-electron chi connectivity index (χ1n) is 8.78. The van der Waals surface area contributed by atoms with E-state index in [4.69, 9.17) is 4.74 Å². The molecule has 0 saturated carbocycles. The average molecular weight is 444 g/mol. The summed E-state index contributed by atoms with van der Waals surface area (Å²) in [5.74, 6) is 0.0820. The lowest BCUT2D eigenvalue weighted by Crippen LogP contribution is -2.15. The summed E-state index contributed by atoms with van der Waals surface area (Å²) in [5, 5.41) is 15.1. The van der Waals surface area contributed by atoms with Gasteiger partial charge in [-0.25, -0.2) is 12.8 Å². The number of anilines is 2. The van der Waals surface area contributed by atoms with Gasteiger partial charge in [0.05, 0.1) is 23.9 Å². The van der Waals surface area contributed by atoms with Crippen LogP contribution in [-0.4, -0.2) is 26.7 Å². The van der Waals surface area contributed by atoms with Crippen LogP contribution in [-0.2, 0) is 10.0 Å². The molecule has 0 heterocycles. The largest absolute Gasteiger partial charge is 0.497 e. The maximum absolute atomic E-state index is 13.3. The van der Waals surface area contributed by atoms with Crippen molar-refractivity contribution in [1.82, 2.24) is 0 Å². The van der Waals surface area contributed by atoms with Gasteiger partial charge in [-0.15, -0.1) is 0 Å². The molecule has 0 saturated heterocycles.